The molecule has 0 aromatic carbocycles. The van der Waals surface area contributed by atoms with Crippen LogP contribution in [-0.2, 0) is 17.8 Å². The van der Waals surface area contributed by atoms with Crippen LogP contribution >= 0.6 is 0 Å². The summed E-state index contributed by atoms with van der Waals surface area (Å²) in [5.41, 5.74) is 0. The second-order valence-corrected chi connectivity index (χ2v) is 5.06. The Morgan fingerprint density at radius 2 is 1.71 bits per heavy atom. The van der Waals surface area contributed by atoms with E-state index in [1.807, 2.05) is 0 Å². The van der Waals surface area contributed by atoms with Crippen LogP contribution in [0.3, 0.4) is 0 Å². The molecule has 3 N–H and O–H groups in total. The van der Waals surface area contributed by atoms with Gasteiger partial charge >= 0.3 is 11.9 Å². The number of carbonyl (C=O) groups excluding carboxylic acids is 1. The third-order valence-electron chi connectivity index (χ3n) is 3.07. The summed E-state index contributed by atoms with van der Waals surface area (Å²) in [6, 6.07) is 0. The van der Waals surface area contributed by atoms with E-state index in [2.05, 4.69) is 24.9 Å². The Kier molecular flexibility index (Phi) is 9.78. The van der Waals surface area contributed by atoms with Crippen molar-refractivity contribution < 1.29 is 29.6 Å². The molecule has 0 spiro atoms. The average molecular weight is 394 g/mol. The predicted molar refractivity (Wildman–Crippen MR) is 95.5 cm³/mol. The topological polar surface area (TPSA) is 165 Å². The zero-order valence-electron chi connectivity index (χ0n) is 15.5. The minimum atomic E-state index is -1.14. The largest absolute Gasteiger partial charge is 0.475 e. The number of carbonyl (C=O) groups is 2. The van der Waals surface area contributed by atoms with E-state index in [0.29, 0.717) is 18.9 Å². The summed E-state index contributed by atoms with van der Waals surface area (Å²) in [4.78, 5) is 28.9. The van der Waals surface area contributed by atoms with Crippen molar-refractivity contribution in [1.29, 1.82) is 0 Å². The fourth-order valence-corrected chi connectivity index (χ4v) is 1.76. The molecule has 12 heteroatoms. The van der Waals surface area contributed by atoms with E-state index in [-0.39, 0.29) is 24.9 Å². The lowest BCUT2D eigenvalue weighted by Gasteiger charge is -1.95. The number of carboxylic acids is 1. The van der Waals surface area contributed by atoms with Gasteiger partial charge < -0.3 is 20.1 Å². The SMILES string of the molecule is COC(=O)c1ncn(C/C=C\CO)n1.Cc1nc(C(=O)O)nn1C/C=C\CO. The van der Waals surface area contributed by atoms with Crippen LogP contribution in [0.4, 0.5) is 0 Å². The van der Waals surface area contributed by atoms with Gasteiger partial charge in [0.25, 0.3) is 11.6 Å². The predicted octanol–water partition coefficient (Wildman–Crippen LogP) is -0.554. The second-order valence-electron chi connectivity index (χ2n) is 5.06. The fourth-order valence-electron chi connectivity index (χ4n) is 1.76. The fraction of sp³-hybridized carbons (Fsp3) is 0.375. The van der Waals surface area contributed by atoms with Crippen LogP contribution in [-0.4, -0.2) is 77.1 Å². The number of aromatic carboxylic acids is 1. The molecule has 0 aliphatic rings. The molecule has 0 fully saturated rings. The molecule has 2 aromatic rings. The molecule has 12 nitrogen and oxygen atoms in total. The van der Waals surface area contributed by atoms with E-state index in [9.17, 15) is 9.59 Å². The Balaban J connectivity index is 0.000000280. The number of methoxy groups -OCH3 is 1. The Bertz CT molecular complexity index is 825. The lowest BCUT2D eigenvalue weighted by molar-refractivity contribution is 0.0585. The molecule has 2 rings (SSSR count). The second kappa shape index (κ2) is 12.1. The third kappa shape index (κ3) is 7.47. The Hall–Kier alpha value is -3.38. The van der Waals surface area contributed by atoms with Crippen molar-refractivity contribution in [3.05, 3.63) is 48.1 Å². The van der Waals surface area contributed by atoms with E-state index < -0.39 is 11.9 Å². The van der Waals surface area contributed by atoms with Gasteiger partial charge in [0.05, 0.1) is 33.4 Å². The molecule has 2 aromatic heterocycles. The molecule has 0 aliphatic heterocycles. The van der Waals surface area contributed by atoms with E-state index >= 15 is 0 Å². The van der Waals surface area contributed by atoms with Crippen LogP contribution < -0.4 is 0 Å². The molecule has 0 amide bonds. The van der Waals surface area contributed by atoms with Crippen LogP contribution in [0.1, 0.15) is 27.1 Å². The minimum absolute atomic E-state index is 0.0153. The molecule has 0 atom stereocenters. The highest BCUT2D eigenvalue weighted by atomic mass is 16.5. The van der Waals surface area contributed by atoms with Crippen molar-refractivity contribution in [3.8, 4) is 0 Å². The summed E-state index contributed by atoms with van der Waals surface area (Å²) in [7, 11) is 1.27. The molecule has 152 valence electrons. The Morgan fingerprint density at radius 1 is 1.07 bits per heavy atom. The summed E-state index contributed by atoms with van der Waals surface area (Å²) >= 11 is 0. The quantitative estimate of drug-likeness (QED) is 0.390. The first-order valence-corrected chi connectivity index (χ1v) is 8.07. The van der Waals surface area contributed by atoms with Crippen molar-refractivity contribution in [2.45, 2.75) is 20.0 Å². The lowest BCUT2D eigenvalue weighted by atomic mass is 10.5. The van der Waals surface area contributed by atoms with E-state index in [1.165, 1.54) is 22.8 Å². The van der Waals surface area contributed by atoms with Crippen molar-refractivity contribution in [3.63, 3.8) is 0 Å². The van der Waals surface area contributed by atoms with Crippen LogP contribution in [0, 0.1) is 6.92 Å². The van der Waals surface area contributed by atoms with Gasteiger partial charge in [-0.2, -0.15) is 0 Å². The standard InChI is InChI=1S/2C8H11N3O3/c1-14-8(13)7-9-6-11(10-7)4-2-3-5-12;1-6-9-7(8(13)14)10-11(6)4-2-3-5-12/h2-3,6,12H,4-5H2,1H3;2-3,12H,4-5H2,1H3,(H,13,14)/b2*3-2-. The lowest BCUT2D eigenvalue weighted by Crippen LogP contribution is -2.05. The molecule has 0 saturated heterocycles. The molecule has 0 aliphatic carbocycles. The van der Waals surface area contributed by atoms with Gasteiger partial charge in [-0.25, -0.2) is 28.9 Å². The summed E-state index contributed by atoms with van der Waals surface area (Å²) in [6.45, 7) is 2.49. The molecule has 0 bridgehead atoms. The molecule has 2 heterocycles. The number of hydrogen-bond acceptors (Lipinski definition) is 9. The third-order valence-corrected chi connectivity index (χ3v) is 3.07. The highest BCUT2D eigenvalue weighted by Gasteiger charge is 2.11. The number of hydrogen-bond donors (Lipinski definition) is 3. The zero-order chi connectivity index (χ0) is 20.9. The molecule has 0 radical (unpaired) electrons. The maximum absolute atomic E-state index is 10.9. The van der Waals surface area contributed by atoms with E-state index in [0.717, 1.165) is 0 Å². The number of aliphatic hydroxyl groups excluding tert-OH is 2. The monoisotopic (exact) mass is 394 g/mol. The van der Waals surface area contributed by atoms with Crippen molar-refractivity contribution in [2.75, 3.05) is 20.3 Å². The maximum atomic E-state index is 10.9. The summed E-state index contributed by atoms with van der Waals surface area (Å²) in [5, 5.41) is 33.2. The number of aromatic nitrogens is 6. The number of aryl methyl sites for hydroxylation is 1. The Labute approximate surface area is 160 Å². The van der Waals surface area contributed by atoms with Gasteiger partial charge in [-0.15, -0.1) is 10.2 Å². The van der Waals surface area contributed by atoms with E-state index in [4.69, 9.17) is 15.3 Å². The van der Waals surface area contributed by atoms with Crippen molar-refractivity contribution >= 4 is 11.9 Å². The highest BCUT2D eigenvalue weighted by Crippen LogP contribution is 1.97. The molecular formula is C16H22N6O6. The average Bonchev–Trinajstić information content (AvgIpc) is 3.29. The van der Waals surface area contributed by atoms with Gasteiger partial charge in [-0.3, -0.25) is 0 Å². The molecule has 0 saturated carbocycles. The molecular weight excluding hydrogens is 372 g/mol. The summed E-state index contributed by atoms with van der Waals surface area (Å²) in [6.07, 6.45) is 7.97. The zero-order valence-corrected chi connectivity index (χ0v) is 15.5. The number of carboxylic acid groups (broad SMARTS) is 1. The van der Waals surface area contributed by atoms with Gasteiger partial charge in [0.2, 0.25) is 0 Å². The van der Waals surface area contributed by atoms with Gasteiger partial charge in [0.15, 0.2) is 0 Å². The Morgan fingerprint density at radius 3 is 2.25 bits per heavy atom. The minimum Gasteiger partial charge on any atom is -0.475 e. The highest BCUT2D eigenvalue weighted by molar-refractivity contribution is 5.84. The molecule has 0 unspecified atom stereocenters. The van der Waals surface area contributed by atoms with Crippen LogP contribution in [0.2, 0.25) is 0 Å². The van der Waals surface area contributed by atoms with Gasteiger partial charge in [0, 0.05) is 0 Å². The van der Waals surface area contributed by atoms with Crippen molar-refractivity contribution in [1.82, 2.24) is 29.5 Å². The van der Waals surface area contributed by atoms with E-state index in [1.54, 1.807) is 31.2 Å². The number of esters is 1. The van der Waals surface area contributed by atoms with Gasteiger partial charge in [0.1, 0.15) is 12.2 Å². The van der Waals surface area contributed by atoms with Crippen LogP contribution in [0.5, 0.6) is 0 Å². The smallest absolute Gasteiger partial charge is 0.377 e. The number of nitrogens with zero attached hydrogens (tertiary/aromatic N) is 6. The van der Waals surface area contributed by atoms with Crippen LogP contribution in [0.15, 0.2) is 30.6 Å². The summed E-state index contributed by atoms with van der Waals surface area (Å²) in [5.74, 6) is -1.34. The first-order chi connectivity index (χ1) is 13.4. The summed E-state index contributed by atoms with van der Waals surface area (Å²) < 4.78 is 7.36. The number of ether oxygens (including phenoxy) is 1. The van der Waals surface area contributed by atoms with Gasteiger partial charge in [-0.05, 0) is 6.92 Å². The first-order valence-electron chi connectivity index (χ1n) is 8.07. The maximum Gasteiger partial charge on any atom is 0.377 e. The number of allylic oxidation sites excluding steroid dienone is 2. The van der Waals surface area contributed by atoms with Gasteiger partial charge in [-0.1, -0.05) is 24.3 Å². The van der Waals surface area contributed by atoms with Crippen LogP contribution in [0.25, 0.3) is 0 Å². The first kappa shape index (κ1) is 22.7. The van der Waals surface area contributed by atoms with Crippen molar-refractivity contribution in [2.24, 2.45) is 0 Å². The molecule has 28 heavy (non-hydrogen) atoms. The number of rotatable bonds is 8. The normalized spacial score (nSPS) is 10.9. The number of aliphatic hydroxyl groups is 2.